The molecule has 98 valence electrons. The third kappa shape index (κ3) is 5.34. The molecule has 0 radical (unpaired) electrons. The molecule has 0 heterocycles. The Morgan fingerprint density at radius 3 is 2.44 bits per heavy atom. The highest BCUT2D eigenvalue weighted by Gasteiger charge is 2.02. The summed E-state index contributed by atoms with van der Waals surface area (Å²) in [4.78, 5) is 21.7. The predicted molar refractivity (Wildman–Crippen MR) is 69.7 cm³/mol. The fourth-order valence-corrected chi connectivity index (χ4v) is 1.50. The van der Waals surface area contributed by atoms with E-state index >= 15 is 0 Å². The van der Waals surface area contributed by atoms with Gasteiger partial charge in [-0.25, -0.2) is 4.79 Å². The van der Waals surface area contributed by atoms with Gasteiger partial charge in [0.25, 0.3) is 0 Å². The Balaban J connectivity index is 2.37. The van der Waals surface area contributed by atoms with Crippen molar-refractivity contribution in [3.05, 3.63) is 29.8 Å². The predicted octanol–water partition coefficient (Wildman–Crippen LogP) is 2.24. The number of amides is 2. The van der Waals surface area contributed by atoms with Crippen LogP contribution in [0, 0.1) is 0 Å². The SMILES string of the molecule is CCCc1ccc(NC(=O)NCCC(=O)O)cc1. The van der Waals surface area contributed by atoms with E-state index in [-0.39, 0.29) is 19.0 Å². The first kappa shape index (κ1) is 14.0. The van der Waals surface area contributed by atoms with Crippen molar-refractivity contribution in [3.8, 4) is 0 Å². The number of aliphatic carboxylic acids is 1. The summed E-state index contributed by atoms with van der Waals surface area (Å²) >= 11 is 0. The number of rotatable bonds is 6. The van der Waals surface area contributed by atoms with E-state index in [1.807, 2.05) is 24.3 Å². The molecule has 1 rings (SSSR count). The maximum absolute atomic E-state index is 11.4. The number of carbonyl (C=O) groups is 2. The van der Waals surface area contributed by atoms with Gasteiger partial charge in [0.1, 0.15) is 0 Å². The molecule has 0 aromatic heterocycles. The molecule has 1 aromatic rings. The molecular formula is C13H18N2O3. The van der Waals surface area contributed by atoms with Crippen molar-refractivity contribution >= 4 is 17.7 Å². The van der Waals surface area contributed by atoms with Crippen LogP contribution >= 0.6 is 0 Å². The molecule has 0 aliphatic carbocycles. The number of benzene rings is 1. The summed E-state index contributed by atoms with van der Waals surface area (Å²) in [7, 11) is 0. The first-order valence-corrected chi connectivity index (χ1v) is 5.97. The third-order valence-corrected chi connectivity index (χ3v) is 2.37. The van der Waals surface area contributed by atoms with Crippen molar-refractivity contribution in [2.75, 3.05) is 11.9 Å². The van der Waals surface area contributed by atoms with Gasteiger partial charge in [-0.15, -0.1) is 0 Å². The number of aryl methyl sites for hydroxylation is 1. The average Bonchev–Trinajstić information content (AvgIpc) is 2.31. The minimum atomic E-state index is -0.931. The van der Waals surface area contributed by atoms with Crippen LogP contribution in [0.15, 0.2) is 24.3 Å². The number of carbonyl (C=O) groups excluding carboxylic acids is 1. The monoisotopic (exact) mass is 250 g/mol. The largest absolute Gasteiger partial charge is 0.481 e. The third-order valence-electron chi connectivity index (χ3n) is 2.37. The van der Waals surface area contributed by atoms with Crippen molar-refractivity contribution in [1.82, 2.24) is 5.32 Å². The Bertz CT molecular complexity index is 401. The molecule has 0 atom stereocenters. The minimum Gasteiger partial charge on any atom is -0.481 e. The molecule has 18 heavy (non-hydrogen) atoms. The van der Waals surface area contributed by atoms with Gasteiger partial charge >= 0.3 is 12.0 Å². The van der Waals surface area contributed by atoms with Crippen LogP contribution in [0.5, 0.6) is 0 Å². The number of carboxylic acid groups (broad SMARTS) is 1. The molecule has 0 bridgehead atoms. The zero-order valence-corrected chi connectivity index (χ0v) is 10.4. The highest BCUT2D eigenvalue weighted by molar-refractivity contribution is 5.89. The van der Waals surface area contributed by atoms with E-state index in [2.05, 4.69) is 17.6 Å². The number of hydrogen-bond donors (Lipinski definition) is 3. The van der Waals surface area contributed by atoms with E-state index in [0.717, 1.165) is 12.8 Å². The summed E-state index contributed by atoms with van der Waals surface area (Å²) in [5.41, 5.74) is 1.93. The number of urea groups is 1. The quantitative estimate of drug-likeness (QED) is 0.724. The van der Waals surface area contributed by atoms with Crippen molar-refractivity contribution in [2.45, 2.75) is 26.2 Å². The van der Waals surface area contributed by atoms with Gasteiger partial charge in [-0.2, -0.15) is 0 Å². The van der Waals surface area contributed by atoms with E-state index in [9.17, 15) is 9.59 Å². The fraction of sp³-hybridized carbons (Fsp3) is 0.385. The van der Waals surface area contributed by atoms with Gasteiger partial charge < -0.3 is 15.7 Å². The topological polar surface area (TPSA) is 78.4 Å². The maximum Gasteiger partial charge on any atom is 0.319 e. The van der Waals surface area contributed by atoms with Crippen LogP contribution in [0.1, 0.15) is 25.3 Å². The molecule has 0 unspecified atom stereocenters. The zero-order chi connectivity index (χ0) is 13.4. The summed E-state index contributed by atoms with van der Waals surface area (Å²) < 4.78 is 0. The van der Waals surface area contributed by atoms with Crippen LogP contribution in [0.4, 0.5) is 10.5 Å². The standard InChI is InChI=1S/C13H18N2O3/c1-2-3-10-4-6-11(7-5-10)15-13(18)14-9-8-12(16)17/h4-7H,2-3,8-9H2,1H3,(H,16,17)(H2,14,15,18). The lowest BCUT2D eigenvalue weighted by molar-refractivity contribution is -0.136. The Labute approximate surface area is 106 Å². The minimum absolute atomic E-state index is 0.0805. The van der Waals surface area contributed by atoms with E-state index < -0.39 is 5.97 Å². The first-order chi connectivity index (χ1) is 8.61. The molecule has 5 nitrogen and oxygen atoms in total. The Hall–Kier alpha value is -2.04. The fourth-order valence-electron chi connectivity index (χ4n) is 1.50. The van der Waals surface area contributed by atoms with Crippen LogP contribution < -0.4 is 10.6 Å². The van der Waals surface area contributed by atoms with Crippen LogP contribution in [-0.4, -0.2) is 23.7 Å². The first-order valence-electron chi connectivity index (χ1n) is 5.97. The molecular weight excluding hydrogens is 232 g/mol. The molecule has 0 fully saturated rings. The highest BCUT2D eigenvalue weighted by Crippen LogP contribution is 2.10. The normalized spacial score (nSPS) is 9.83. The van der Waals surface area contributed by atoms with Gasteiger partial charge in [-0.1, -0.05) is 25.5 Å². The molecule has 0 saturated heterocycles. The van der Waals surface area contributed by atoms with E-state index in [1.165, 1.54) is 5.56 Å². The Kier molecular flexibility index (Phi) is 5.70. The Morgan fingerprint density at radius 2 is 1.89 bits per heavy atom. The average molecular weight is 250 g/mol. The van der Waals surface area contributed by atoms with Crippen LogP contribution in [-0.2, 0) is 11.2 Å². The molecule has 0 saturated carbocycles. The molecule has 5 heteroatoms. The van der Waals surface area contributed by atoms with E-state index in [1.54, 1.807) is 0 Å². The summed E-state index contributed by atoms with van der Waals surface area (Å²) in [6, 6.07) is 7.22. The van der Waals surface area contributed by atoms with Crippen molar-refractivity contribution in [3.63, 3.8) is 0 Å². The van der Waals surface area contributed by atoms with Crippen molar-refractivity contribution < 1.29 is 14.7 Å². The number of hydrogen-bond acceptors (Lipinski definition) is 2. The van der Waals surface area contributed by atoms with Gasteiger partial charge in [-0.05, 0) is 24.1 Å². The summed E-state index contributed by atoms with van der Waals surface area (Å²) in [5, 5.41) is 13.5. The van der Waals surface area contributed by atoms with Gasteiger partial charge in [0.05, 0.1) is 6.42 Å². The number of anilines is 1. The molecule has 1 aromatic carbocycles. The summed E-state index contributed by atoms with van der Waals surface area (Å²) in [5.74, 6) is -0.931. The molecule has 0 spiro atoms. The summed E-state index contributed by atoms with van der Waals surface area (Å²) in [6.07, 6.45) is 2.02. The number of nitrogens with one attached hydrogen (secondary N) is 2. The van der Waals surface area contributed by atoms with Gasteiger partial charge in [-0.3, -0.25) is 4.79 Å². The molecule has 0 aliphatic heterocycles. The molecule has 2 amide bonds. The second kappa shape index (κ2) is 7.32. The molecule has 3 N–H and O–H groups in total. The lowest BCUT2D eigenvalue weighted by Gasteiger charge is -2.07. The van der Waals surface area contributed by atoms with E-state index in [0.29, 0.717) is 5.69 Å². The number of carboxylic acids is 1. The lowest BCUT2D eigenvalue weighted by atomic mass is 10.1. The summed E-state index contributed by atoms with van der Waals surface area (Å²) in [6.45, 7) is 2.23. The van der Waals surface area contributed by atoms with Crippen molar-refractivity contribution in [2.24, 2.45) is 0 Å². The second-order valence-electron chi connectivity index (χ2n) is 3.97. The smallest absolute Gasteiger partial charge is 0.319 e. The maximum atomic E-state index is 11.4. The van der Waals surface area contributed by atoms with Crippen LogP contribution in [0.2, 0.25) is 0 Å². The lowest BCUT2D eigenvalue weighted by Crippen LogP contribution is -2.30. The molecule has 0 aliphatic rings. The zero-order valence-electron chi connectivity index (χ0n) is 10.4. The van der Waals surface area contributed by atoms with Gasteiger partial charge in [0, 0.05) is 12.2 Å². The van der Waals surface area contributed by atoms with E-state index in [4.69, 9.17) is 5.11 Å². The highest BCUT2D eigenvalue weighted by atomic mass is 16.4. The van der Waals surface area contributed by atoms with Gasteiger partial charge in [0.15, 0.2) is 0 Å². The van der Waals surface area contributed by atoms with Crippen LogP contribution in [0.3, 0.4) is 0 Å². The second-order valence-corrected chi connectivity index (χ2v) is 3.97. The van der Waals surface area contributed by atoms with Crippen molar-refractivity contribution in [1.29, 1.82) is 0 Å². The van der Waals surface area contributed by atoms with Crippen LogP contribution in [0.25, 0.3) is 0 Å². The Morgan fingerprint density at radius 1 is 1.22 bits per heavy atom. The van der Waals surface area contributed by atoms with Gasteiger partial charge in [0.2, 0.25) is 0 Å².